The molecule has 2 aliphatic heterocycles. The molecule has 0 saturated carbocycles. The maximum absolute atomic E-state index is 12.3. The summed E-state index contributed by atoms with van der Waals surface area (Å²) in [7, 11) is 0. The molecule has 2 heterocycles. The first-order valence-corrected chi connectivity index (χ1v) is 15.8. The molecular formula is C28H54N4O2S. The largest absolute Gasteiger partial charge is 0.354 e. The molecule has 3 amide bonds. The lowest BCUT2D eigenvalue weighted by atomic mass is 9.96. The van der Waals surface area contributed by atoms with Gasteiger partial charge >= 0.3 is 6.03 Å². The fourth-order valence-corrected chi connectivity index (χ4v) is 7.05. The summed E-state index contributed by atoms with van der Waals surface area (Å²) in [5.74, 6) is 1.02. The van der Waals surface area contributed by atoms with Crippen molar-refractivity contribution in [1.29, 1.82) is 0 Å². The van der Waals surface area contributed by atoms with Gasteiger partial charge in [0.2, 0.25) is 5.91 Å². The average molecular weight is 511 g/mol. The predicted octanol–water partition coefficient (Wildman–Crippen LogP) is 6.37. The zero-order chi connectivity index (χ0) is 25.4. The van der Waals surface area contributed by atoms with Crippen LogP contribution in [0.5, 0.6) is 0 Å². The highest BCUT2D eigenvalue weighted by molar-refractivity contribution is 8.00. The Kier molecular flexibility index (Phi) is 15.1. The lowest BCUT2D eigenvalue weighted by molar-refractivity contribution is -0.121. The smallest absolute Gasteiger partial charge is 0.316 e. The second kappa shape index (κ2) is 17.5. The molecule has 5 N–H and O–H groups in total. The summed E-state index contributed by atoms with van der Waals surface area (Å²) in [5, 5.41) is 9.19. The Morgan fingerprint density at radius 1 is 0.971 bits per heavy atom. The minimum Gasteiger partial charge on any atom is -0.354 e. The van der Waals surface area contributed by atoms with Crippen molar-refractivity contribution in [1.82, 2.24) is 16.0 Å². The summed E-state index contributed by atoms with van der Waals surface area (Å²) in [4.78, 5) is 23.9. The van der Waals surface area contributed by atoms with Crippen molar-refractivity contribution in [2.75, 3.05) is 5.75 Å². The van der Waals surface area contributed by atoms with Crippen molar-refractivity contribution < 1.29 is 9.59 Å². The maximum Gasteiger partial charge on any atom is 0.316 e. The van der Waals surface area contributed by atoms with Gasteiger partial charge in [0.1, 0.15) is 5.66 Å². The van der Waals surface area contributed by atoms with E-state index >= 15 is 0 Å². The Balaban J connectivity index is 1.35. The van der Waals surface area contributed by atoms with Crippen LogP contribution in [0.4, 0.5) is 4.79 Å². The van der Waals surface area contributed by atoms with Crippen LogP contribution in [0.2, 0.25) is 0 Å². The molecule has 0 spiro atoms. The Bertz CT molecular complexity index is 606. The third kappa shape index (κ3) is 11.8. The highest BCUT2D eigenvalue weighted by Gasteiger charge is 2.53. The highest BCUT2D eigenvalue weighted by Crippen LogP contribution is 2.38. The number of nitrogens with one attached hydrogen (secondary N) is 3. The van der Waals surface area contributed by atoms with Gasteiger partial charge in [-0.1, -0.05) is 103 Å². The van der Waals surface area contributed by atoms with Crippen molar-refractivity contribution >= 4 is 23.7 Å². The van der Waals surface area contributed by atoms with Gasteiger partial charge in [-0.05, 0) is 26.2 Å². The molecule has 0 bridgehead atoms. The van der Waals surface area contributed by atoms with E-state index < -0.39 is 5.66 Å². The zero-order valence-corrected chi connectivity index (χ0v) is 23.5. The Labute approximate surface area is 219 Å². The summed E-state index contributed by atoms with van der Waals surface area (Å²) in [6.45, 7) is 4.41. The summed E-state index contributed by atoms with van der Waals surface area (Å²) < 4.78 is 0. The molecule has 0 aromatic heterocycles. The monoisotopic (exact) mass is 510 g/mol. The van der Waals surface area contributed by atoms with Crippen LogP contribution in [0.1, 0.15) is 136 Å². The van der Waals surface area contributed by atoms with Crippen molar-refractivity contribution in [2.45, 2.75) is 159 Å². The normalized spacial score (nSPS) is 24.1. The van der Waals surface area contributed by atoms with E-state index in [0.717, 1.165) is 31.4 Å². The van der Waals surface area contributed by atoms with Crippen LogP contribution < -0.4 is 21.7 Å². The quantitative estimate of drug-likeness (QED) is 0.106. The minimum absolute atomic E-state index is 0.0176. The Morgan fingerprint density at radius 2 is 1.54 bits per heavy atom. The van der Waals surface area contributed by atoms with Crippen LogP contribution >= 0.6 is 11.8 Å². The van der Waals surface area contributed by atoms with E-state index in [4.69, 9.17) is 5.73 Å². The van der Waals surface area contributed by atoms with E-state index in [1.54, 1.807) is 0 Å². The number of thioether (sulfide) groups is 1. The molecule has 6 nitrogen and oxygen atoms in total. The molecule has 2 rings (SSSR count). The van der Waals surface area contributed by atoms with Gasteiger partial charge in [0.05, 0.1) is 6.04 Å². The molecule has 0 aliphatic carbocycles. The van der Waals surface area contributed by atoms with Crippen molar-refractivity contribution in [3.8, 4) is 0 Å². The maximum atomic E-state index is 12.3. The average Bonchev–Trinajstić information content (AvgIpc) is 3.27. The number of carbonyl (C=O) groups excluding carboxylic acids is 2. The Hall–Kier alpha value is -0.950. The third-order valence-corrected chi connectivity index (χ3v) is 9.28. The minimum atomic E-state index is -0.633. The van der Waals surface area contributed by atoms with Crippen LogP contribution in [0, 0.1) is 0 Å². The van der Waals surface area contributed by atoms with Crippen LogP contribution in [-0.2, 0) is 4.79 Å². The SMILES string of the molecule is CCCCCCCCCCCCCCCCC(C)NC(=O)CCCC[C@@H]1SC[C@@H]2NC(=O)N[C@@]21N. The third-order valence-electron chi connectivity index (χ3n) is 7.73. The zero-order valence-electron chi connectivity index (χ0n) is 22.7. The van der Waals surface area contributed by atoms with Gasteiger partial charge in [-0.3, -0.25) is 4.79 Å². The molecule has 0 aromatic carbocycles. The number of carbonyl (C=O) groups is 2. The van der Waals surface area contributed by atoms with Gasteiger partial charge in [0, 0.05) is 23.5 Å². The van der Waals surface area contributed by atoms with E-state index in [9.17, 15) is 9.59 Å². The predicted molar refractivity (Wildman–Crippen MR) is 150 cm³/mol. The number of fused-ring (bicyclic) bond motifs is 1. The number of rotatable bonds is 21. The number of urea groups is 1. The van der Waals surface area contributed by atoms with Crippen LogP contribution in [0.15, 0.2) is 0 Å². The van der Waals surface area contributed by atoms with Crippen LogP contribution in [-0.4, -0.2) is 40.7 Å². The van der Waals surface area contributed by atoms with E-state index in [-0.39, 0.29) is 29.3 Å². The van der Waals surface area contributed by atoms with Crippen LogP contribution in [0.25, 0.3) is 0 Å². The molecule has 0 aromatic rings. The Morgan fingerprint density at radius 3 is 2.14 bits per heavy atom. The van der Waals surface area contributed by atoms with Crippen molar-refractivity contribution in [3.05, 3.63) is 0 Å². The first-order chi connectivity index (χ1) is 17.0. The number of amides is 3. The summed E-state index contributed by atoms with van der Waals surface area (Å²) in [5.41, 5.74) is 5.81. The van der Waals surface area contributed by atoms with Gasteiger partial charge in [0.15, 0.2) is 0 Å². The fourth-order valence-electron chi connectivity index (χ4n) is 5.43. The van der Waals surface area contributed by atoms with Gasteiger partial charge in [-0.25, -0.2) is 4.79 Å². The first kappa shape index (κ1) is 30.3. The second-order valence-electron chi connectivity index (χ2n) is 11.0. The molecule has 1 unspecified atom stereocenters. The highest BCUT2D eigenvalue weighted by atomic mass is 32.2. The van der Waals surface area contributed by atoms with Gasteiger partial charge < -0.3 is 21.7 Å². The van der Waals surface area contributed by atoms with Gasteiger partial charge in [-0.15, -0.1) is 0 Å². The number of nitrogens with two attached hydrogens (primary N) is 1. The van der Waals surface area contributed by atoms with Gasteiger partial charge in [0.25, 0.3) is 0 Å². The lowest BCUT2D eigenvalue weighted by Gasteiger charge is -2.29. The van der Waals surface area contributed by atoms with Crippen molar-refractivity contribution in [2.24, 2.45) is 5.73 Å². The summed E-state index contributed by atoms with van der Waals surface area (Å²) >= 11 is 1.82. The standard InChI is InChI=1S/C28H54N4O2S/c1-3-4-5-6-7-8-9-10-11-12-13-14-15-16-19-23(2)30-26(33)21-18-17-20-25-28(29)24(22-35-25)31-27(34)32-28/h23-25H,3-22,29H2,1-2H3,(H,30,33)(H2,31,32,34)/t23?,24-,25-,28-/m0/s1. The molecule has 204 valence electrons. The molecule has 35 heavy (non-hydrogen) atoms. The number of hydrogen-bond acceptors (Lipinski definition) is 4. The van der Waals surface area contributed by atoms with E-state index in [1.807, 2.05) is 11.8 Å². The number of hydrogen-bond donors (Lipinski definition) is 4. The number of unbranched alkanes of at least 4 members (excludes halogenated alkanes) is 14. The molecular weight excluding hydrogens is 456 g/mol. The summed E-state index contributed by atoms with van der Waals surface area (Å²) in [6, 6.07) is 0.122. The first-order valence-electron chi connectivity index (χ1n) is 14.7. The van der Waals surface area contributed by atoms with Gasteiger partial charge in [-0.2, -0.15) is 11.8 Å². The molecule has 2 saturated heterocycles. The van der Waals surface area contributed by atoms with E-state index in [1.165, 1.54) is 89.9 Å². The summed E-state index contributed by atoms with van der Waals surface area (Å²) in [6.07, 6.45) is 23.7. The molecule has 7 heteroatoms. The topological polar surface area (TPSA) is 96.2 Å². The fraction of sp³-hybridized carbons (Fsp3) is 0.929. The van der Waals surface area contributed by atoms with E-state index in [0.29, 0.717) is 6.42 Å². The van der Waals surface area contributed by atoms with Crippen LogP contribution in [0.3, 0.4) is 0 Å². The molecule has 0 radical (unpaired) electrons. The van der Waals surface area contributed by atoms with E-state index in [2.05, 4.69) is 29.8 Å². The molecule has 4 atom stereocenters. The van der Waals surface area contributed by atoms with Crippen molar-refractivity contribution in [3.63, 3.8) is 0 Å². The lowest BCUT2D eigenvalue weighted by Crippen LogP contribution is -2.61. The molecule has 2 fully saturated rings. The second-order valence-corrected chi connectivity index (χ2v) is 12.2. The molecule has 2 aliphatic rings.